The predicted molar refractivity (Wildman–Crippen MR) is 214 cm³/mol. The molecule has 0 radical (unpaired) electrons. The van der Waals surface area contributed by atoms with E-state index < -0.39 is 43.3 Å². The molecule has 4 fully saturated rings. The van der Waals surface area contributed by atoms with Gasteiger partial charge in [0.2, 0.25) is 0 Å². The van der Waals surface area contributed by atoms with Gasteiger partial charge in [0.05, 0.1) is 19.3 Å². The Morgan fingerprint density at radius 2 is 1.68 bits per heavy atom. The Labute approximate surface area is 354 Å². The fourth-order valence-corrected chi connectivity index (χ4v) is 7.92. The molecule has 3 saturated heterocycles. The first-order valence-electron chi connectivity index (χ1n) is 19.5. The number of benzene rings is 3. The Balaban J connectivity index is 1.05. The molecule has 60 heavy (non-hydrogen) atoms. The molecule has 17 heteroatoms. The van der Waals surface area contributed by atoms with Crippen LogP contribution in [-0.4, -0.2) is 75.5 Å². The van der Waals surface area contributed by atoms with Gasteiger partial charge in [0.25, 0.3) is 0 Å². The third-order valence-electron chi connectivity index (χ3n) is 10.7. The lowest BCUT2D eigenvalue weighted by Gasteiger charge is -2.44. The normalized spacial score (nSPS) is 19.2. The van der Waals surface area contributed by atoms with E-state index in [9.17, 15) is 28.4 Å². The molecule has 4 aromatic rings. The van der Waals surface area contributed by atoms with Crippen LogP contribution in [0.2, 0.25) is 10.0 Å². The van der Waals surface area contributed by atoms with Crippen molar-refractivity contribution < 1.29 is 56.3 Å². The van der Waals surface area contributed by atoms with Gasteiger partial charge in [-0.1, -0.05) is 47.5 Å². The molecule has 0 amide bonds. The van der Waals surface area contributed by atoms with Crippen LogP contribution >= 0.6 is 23.2 Å². The molecular weight excluding hydrogens is 827 g/mol. The lowest BCUT2D eigenvalue weighted by Crippen LogP contribution is -2.52. The summed E-state index contributed by atoms with van der Waals surface area (Å²) in [4.78, 5) is 42.8. The highest BCUT2D eigenvalue weighted by Crippen LogP contribution is 2.38. The predicted octanol–water partition coefficient (Wildman–Crippen LogP) is 7.50. The van der Waals surface area contributed by atoms with Crippen LogP contribution in [-0.2, 0) is 30.2 Å². The summed E-state index contributed by atoms with van der Waals surface area (Å²) in [6, 6.07) is 16.4. The monoisotopic (exact) mass is 869 g/mol. The number of rotatable bonds is 18. The molecule has 4 aliphatic rings. The molecule has 3 atom stereocenters. The minimum absolute atomic E-state index is 0.00391. The van der Waals surface area contributed by atoms with Crippen LogP contribution in [0.5, 0.6) is 17.2 Å². The maximum Gasteiger partial charge on any atom is 0.387 e. The molecule has 0 spiro atoms. The first-order valence-corrected chi connectivity index (χ1v) is 20.3. The van der Waals surface area contributed by atoms with Gasteiger partial charge >= 0.3 is 24.5 Å². The first-order chi connectivity index (χ1) is 28.9. The van der Waals surface area contributed by atoms with E-state index in [0.29, 0.717) is 39.8 Å². The minimum Gasteiger partial charge on any atom is -0.619 e. The Morgan fingerprint density at radius 3 is 2.37 bits per heavy atom. The van der Waals surface area contributed by atoms with Gasteiger partial charge in [0.15, 0.2) is 36.5 Å². The Bertz CT molecular complexity index is 2160. The average Bonchev–Trinajstić information content (AvgIpc) is 4.07. The highest BCUT2D eigenvalue weighted by atomic mass is 35.5. The zero-order chi connectivity index (χ0) is 42.3. The van der Waals surface area contributed by atoms with Crippen molar-refractivity contribution in [2.75, 3.05) is 45.3 Å². The number of piperidine rings is 3. The van der Waals surface area contributed by atoms with E-state index in [1.807, 2.05) is 0 Å². The van der Waals surface area contributed by atoms with E-state index in [0.717, 1.165) is 51.2 Å². The summed E-state index contributed by atoms with van der Waals surface area (Å²) in [5, 5.41) is 15.1. The Morgan fingerprint density at radius 1 is 0.933 bits per heavy atom. The van der Waals surface area contributed by atoms with Crippen LogP contribution in [0.1, 0.15) is 64.9 Å². The standard InChI is InChI=1S/C43H43Cl2F2N3O10/c1-55-31-7-3-4-28(17-31)40(42(53)59-38-22-49-14-12-26(38)13-15-49)48-30-6-2-5-29(16-30)41(52)57-24-39(51)58-36(19-32-33(44)20-50(54)21-34(32)45)27-10-11-35(60-43(46)47)37(18-27)56-23-25-8-9-25/h2-7,10-11,16-18,20-21,25-26,36,38,40,43,48H,8-9,12-15,19,22-24H2,1H3/t36-,38-,40?/m0/s1. The van der Waals surface area contributed by atoms with Gasteiger partial charge in [-0.25, -0.2) is 14.4 Å². The molecule has 1 unspecified atom stereocenters. The average molecular weight is 871 g/mol. The smallest absolute Gasteiger partial charge is 0.387 e. The number of esters is 3. The van der Waals surface area contributed by atoms with Gasteiger partial charge in [-0.05, 0) is 104 Å². The quantitative estimate of drug-likeness (QED) is 0.0457. The molecule has 1 N–H and O–H groups in total. The van der Waals surface area contributed by atoms with E-state index in [1.54, 1.807) is 36.4 Å². The number of aromatic nitrogens is 1. The van der Waals surface area contributed by atoms with E-state index >= 15 is 0 Å². The minimum atomic E-state index is -3.12. The van der Waals surface area contributed by atoms with Crippen molar-refractivity contribution in [3.8, 4) is 17.2 Å². The van der Waals surface area contributed by atoms with Gasteiger partial charge in [0.1, 0.15) is 28.0 Å². The number of halogens is 4. The second-order valence-electron chi connectivity index (χ2n) is 14.9. The fourth-order valence-electron chi connectivity index (χ4n) is 7.33. The van der Waals surface area contributed by atoms with E-state index in [2.05, 4.69) is 15.0 Å². The molecule has 318 valence electrons. The largest absolute Gasteiger partial charge is 0.619 e. The molecule has 3 aliphatic heterocycles. The zero-order valence-corrected chi connectivity index (χ0v) is 34.0. The number of alkyl halides is 2. The summed E-state index contributed by atoms with van der Waals surface area (Å²) < 4.78 is 60.1. The van der Waals surface area contributed by atoms with Crippen LogP contribution in [0.3, 0.4) is 0 Å². The van der Waals surface area contributed by atoms with Crippen molar-refractivity contribution in [1.29, 1.82) is 0 Å². The SMILES string of the molecule is COc1cccc(C(Nc2cccc(C(=O)OCC(=O)O[C@@H](Cc3c(Cl)c[n+]([O-])cc3Cl)c3ccc(OC(F)F)c(OCC4CC4)c3)c2)C(=O)O[C@H]2CN3CCC2CC3)c1. The van der Waals surface area contributed by atoms with Crippen LogP contribution in [0, 0.1) is 17.0 Å². The topological polar surface area (TPSA) is 149 Å². The van der Waals surface area contributed by atoms with E-state index in [1.165, 1.54) is 37.4 Å². The van der Waals surface area contributed by atoms with Crippen molar-refractivity contribution >= 4 is 46.8 Å². The zero-order valence-electron chi connectivity index (χ0n) is 32.5. The van der Waals surface area contributed by atoms with Crippen LogP contribution in [0.4, 0.5) is 14.5 Å². The number of fused-ring (bicyclic) bond motifs is 3. The lowest BCUT2D eigenvalue weighted by molar-refractivity contribution is -0.605. The summed E-state index contributed by atoms with van der Waals surface area (Å²) in [6.07, 6.45) is 4.42. The summed E-state index contributed by atoms with van der Waals surface area (Å²) in [5.74, 6) is -1.40. The van der Waals surface area contributed by atoms with Crippen molar-refractivity contribution in [2.45, 2.75) is 57.0 Å². The third kappa shape index (κ3) is 11.1. The van der Waals surface area contributed by atoms with Crippen LogP contribution < -0.4 is 24.3 Å². The second kappa shape index (κ2) is 19.3. The van der Waals surface area contributed by atoms with E-state index in [4.69, 9.17) is 46.9 Å². The number of pyridine rings is 1. The first kappa shape index (κ1) is 42.7. The van der Waals surface area contributed by atoms with Gasteiger partial charge < -0.3 is 38.9 Å². The molecular formula is C43H43Cl2F2N3O10. The van der Waals surface area contributed by atoms with Crippen molar-refractivity contribution in [2.24, 2.45) is 11.8 Å². The molecule has 3 aromatic carbocycles. The Hall–Kier alpha value is -5.38. The molecule has 2 bridgehead atoms. The highest BCUT2D eigenvalue weighted by Gasteiger charge is 2.38. The van der Waals surface area contributed by atoms with Crippen molar-refractivity contribution in [1.82, 2.24) is 4.90 Å². The molecule has 1 saturated carbocycles. The second-order valence-corrected chi connectivity index (χ2v) is 15.8. The number of hydrogen-bond donors (Lipinski definition) is 1. The number of carbonyl (C=O) groups excluding carboxylic acids is 3. The summed E-state index contributed by atoms with van der Waals surface area (Å²) >= 11 is 12.7. The number of nitrogens with zero attached hydrogens (tertiary/aromatic N) is 2. The van der Waals surface area contributed by atoms with Gasteiger partial charge in [0, 0.05) is 24.2 Å². The highest BCUT2D eigenvalue weighted by molar-refractivity contribution is 6.35. The van der Waals surface area contributed by atoms with E-state index in [-0.39, 0.29) is 57.7 Å². The lowest BCUT2D eigenvalue weighted by atomic mass is 9.86. The third-order valence-corrected chi connectivity index (χ3v) is 11.4. The molecule has 1 aliphatic carbocycles. The Kier molecular flexibility index (Phi) is 13.8. The summed E-state index contributed by atoms with van der Waals surface area (Å²) in [6.45, 7) is -1.01. The van der Waals surface area contributed by atoms with Crippen molar-refractivity contribution in [3.05, 3.63) is 117 Å². The number of anilines is 1. The van der Waals surface area contributed by atoms with Crippen LogP contribution in [0.15, 0.2) is 79.1 Å². The number of ether oxygens (including phenoxy) is 6. The summed E-state index contributed by atoms with van der Waals surface area (Å²) in [5.41, 5.74) is 1.62. The maximum absolute atomic E-state index is 13.8. The number of hydrogen-bond acceptors (Lipinski definition) is 12. The molecule has 8 rings (SSSR count). The number of methoxy groups -OCH3 is 1. The number of carbonyl (C=O) groups is 3. The van der Waals surface area contributed by atoms with Gasteiger partial charge in [-0.2, -0.15) is 13.5 Å². The summed E-state index contributed by atoms with van der Waals surface area (Å²) in [7, 11) is 1.53. The maximum atomic E-state index is 13.8. The van der Waals surface area contributed by atoms with Gasteiger partial charge in [-0.15, -0.1) is 0 Å². The fraction of sp³-hybridized carbons (Fsp3) is 0.395. The molecule has 13 nitrogen and oxygen atoms in total. The molecule has 4 heterocycles. The number of nitrogens with one attached hydrogen (secondary N) is 1. The molecule has 1 aromatic heterocycles. The van der Waals surface area contributed by atoms with Crippen LogP contribution in [0.25, 0.3) is 0 Å². The van der Waals surface area contributed by atoms with Gasteiger partial charge in [-0.3, -0.25) is 4.90 Å². The van der Waals surface area contributed by atoms with Crippen molar-refractivity contribution in [3.63, 3.8) is 0 Å².